The second-order valence-electron chi connectivity index (χ2n) is 5.72. The number of carbonyl (C=O) groups is 2. The predicted molar refractivity (Wildman–Crippen MR) is 90.4 cm³/mol. The van der Waals surface area contributed by atoms with Gasteiger partial charge in [0.25, 0.3) is 18.2 Å². The summed E-state index contributed by atoms with van der Waals surface area (Å²) in [5.74, 6) is -0.853. The molecule has 0 bridgehead atoms. The fourth-order valence-corrected chi connectivity index (χ4v) is 2.30. The first-order chi connectivity index (χ1) is 12.3. The molecule has 0 unspecified atom stereocenters. The monoisotopic (exact) mass is 359 g/mol. The average molecular weight is 359 g/mol. The molecule has 0 fully saturated rings. The Morgan fingerprint density at radius 3 is 2.62 bits per heavy atom. The molecular formula is C17H15F2N5O2. The third-order valence-corrected chi connectivity index (χ3v) is 3.57. The van der Waals surface area contributed by atoms with Crippen molar-refractivity contribution in [3.05, 3.63) is 59.7 Å². The molecule has 9 heteroatoms. The van der Waals surface area contributed by atoms with Gasteiger partial charge in [-0.3, -0.25) is 9.59 Å². The average Bonchev–Trinajstić information content (AvgIpc) is 3.04. The van der Waals surface area contributed by atoms with Crippen LogP contribution in [-0.2, 0) is 0 Å². The maximum absolute atomic E-state index is 12.7. The van der Waals surface area contributed by atoms with Crippen LogP contribution in [0.15, 0.2) is 42.6 Å². The van der Waals surface area contributed by atoms with E-state index in [0.717, 1.165) is 6.07 Å². The first-order valence-electron chi connectivity index (χ1n) is 7.62. The Bertz CT molecular complexity index is 984. The first kappa shape index (κ1) is 17.5. The third kappa shape index (κ3) is 3.51. The second-order valence-corrected chi connectivity index (χ2v) is 5.72. The molecule has 3 rings (SSSR count). The summed E-state index contributed by atoms with van der Waals surface area (Å²) >= 11 is 0. The molecule has 3 heterocycles. The molecule has 0 aliphatic heterocycles. The van der Waals surface area contributed by atoms with Crippen LogP contribution < -0.4 is 5.32 Å². The summed E-state index contributed by atoms with van der Waals surface area (Å²) in [6.45, 7) is 0. The highest BCUT2D eigenvalue weighted by molar-refractivity contribution is 6.03. The molecule has 0 aliphatic carbocycles. The molecule has 3 aromatic rings. The SMILES string of the molecule is CN(C)C(=O)c1cc2cc(NC(=O)c3cccc(C(F)F)n3)ccn2n1. The van der Waals surface area contributed by atoms with E-state index >= 15 is 0 Å². The van der Waals surface area contributed by atoms with Gasteiger partial charge in [0.2, 0.25) is 0 Å². The molecule has 0 aliphatic rings. The summed E-state index contributed by atoms with van der Waals surface area (Å²) in [6.07, 6.45) is -1.17. The number of rotatable bonds is 4. The zero-order valence-electron chi connectivity index (χ0n) is 14.0. The molecule has 0 spiro atoms. The summed E-state index contributed by atoms with van der Waals surface area (Å²) in [5.41, 5.74) is 0.720. The quantitative estimate of drug-likeness (QED) is 0.777. The Labute approximate surface area is 147 Å². The minimum atomic E-state index is -2.75. The Kier molecular flexibility index (Phi) is 4.61. The summed E-state index contributed by atoms with van der Waals surface area (Å²) in [6, 6.07) is 8.65. The number of halogens is 2. The van der Waals surface area contributed by atoms with Crippen molar-refractivity contribution in [2.24, 2.45) is 0 Å². The van der Waals surface area contributed by atoms with Crippen molar-refractivity contribution < 1.29 is 18.4 Å². The molecule has 0 radical (unpaired) electrons. The lowest BCUT2D eigenvalue weighted by Crippen LogP contribution is -2.22. The second kappa shape index (κ2) is 6.87. The number of pyridine rings is 2. The zero-order chi connectivity index (χ0) is 18.8. The highest BCUT2D eigenvalue weighted by Gasteiger charge is 2.15. The smallest absolute Gasteiger partial charge is 0.280 e. The fourth-order valence-electron chi connectivity index (χ4n) is 2.30. The van der Waals surface area contributed by atoms with E-state index in [0.29, 0.717) is 11.2 Å². The highest BCUT2D eigenvalue weighted by atomic mass is 19.3. The summed E-state index contributed by atoms with van der Waals surface area (Å²) < 4.78 is 26.9. The van der Waals surface area contributed by atoms with Crippen molar-refractivity contribution in [1.82, 2.24) is 19.5 Å². The minimum absolute atomic E-state index is 0.111. The van der Waals surface area contributed by atoms with Crippen LogP contribution in [0.3, 0.4) is 0 Å². The van der Waals surface area contributed by atoms with Crippen LogP contribution in [0.4, 0.5) is 14.5 Å². The van der Waals surface area contributed by atoms with E-state index in [1.54, 1.807) is 38.5 Å². The Morgan fingerprint density at radius 1 is 1.15 bits per heavy atom. The van der Waals surface area contributed by atoms with Crippen LogP contribution in [0.2, 0.25) is 0 Å². The number of amides is 2. The number of nitrogens with one attached hydrogen (secondary N) is 1. The number of fused-ring (bicyclic) bond motifs is 1. The van der Waals surface area contributed by atoms with Crippen molar-refractivity contribution >= 4 is 23.0 Å². The molecule has 2 amide bonds. The lowest BCUT2D eigenvalue weighted by molar-refractivity contribution is 0.0821. The highest BCUT2D eigenvalue weighted by Crippen LogP contribution is 2.18. The van der Waals surface area contributed by atoms with E-state index in [4.69, 9.17) is 0 Å². The van der Waals surface area contributed by atoms with Crippen molar-refractivity contribution in [1.29, 1.82) is 0 Å². The minimum Gasteiger partial charge on any atom is -0.343 e. The van der Waals surface area contributed by atoms with Crippen LogP contribution in [0.5, 0.6) is 0 Å². The van der Waals surface area contributed by atoms with Gasteiger partial charge in [-0.25, -0.2) is 18.3 Å². The van der Waals surface area contributed by atoms with E-state index in [2.05, 4.69) is 15.4 Å². The summed E-state index contributed by atoms with van der Waals surface area (Å²) in [7, 11) is 3.25. The number of alkyl halides is 2. The zero-order valence-corrected chi connectivity index (χ0v) is 14.0. The van der Waals surface area contributed by atoms with Crippen LogP contribution in [0, 0.1) is 0 Å². The molecule has 0 saturated carbocycles. The number of aromatic nitrogens is 3. The molecule has 0 saturated heterocycles. The molecule has 0 atom stereocenters. The van der Waals surface area contributed by atoms with Gasteiger partial charge >= 0.3 is 0 Å². The van der Waals surface area contributed by atoms with Crippen molar-refractivity contribution in [3.8, 4) is 0 Å². The molecule has 134 valence electrons. The Balaban J connectivity index is 1.83. The van der Waals surface area contributed by atoms with Crippen LogP contribution in [0.25, 0.3) is 5.52 Å². The predicted octanol–water partition coefficient (Wildman–Crippen LogP) is 2.62. The van der Waals surface area contributed by atoms with Crippen LogP contribution in [0.1, 0.15) is 33.1 Å². The van der Waals surface area contributed by atoms with Crippen molar-refractivity contribution in [2.45, 2.75) is 6.43 Å². The number of hydrogen-bond acceptors (Lipinski definition) is 4. The van der Waals surface area contributed by atoms with Gasteiger partial charge in [-0.1, -0.05) is 6.07 Å². The van der Waals surface area contributed by atoms with Crippen LogP contribution in [-0.4, -0.2) is 45.4 Å². The van der Waals surface area contributed by atoms with E-state index in [-0.39, 0.29) is 17.3 Å². The standard InChI is InChI=1S/C17H15F2N5O2/c1-23(2)17(26)14-9-11-8-10(6-7-24(11)22-14)20-16(25)13-5-3-4-12(21-13)15(18)19/h3-9,15H,1-2H3,(H,20,25). The third-order valence-electron chi connectivity index (χ3n) is 3.57. The van der Waals surface area contributed by atoms with Crippen molar-refractivity contribution in [2.75, 3.05) is 19.4 Å². The van der Waals surface area contributed by atoms with Crippen molar-refractivity contribution in [3.63, 3.8) is 0 Å². The van der Waals surface area contributed by atoms with Gasteiger partial charge in [-0.05, 0) is 30.3 Å². The van der Waals surface area contributed by atoms with Gasteiger partial charge in [0.05, 0.1) is 5.52 Å². The summed E-state index contributed by atoms with van der Waals surface area (Å²) in [5, 5.41) is 6.76. The molecule has 26 heavy (non-hydrogen) atoms. The Hall–Kier alpha value is -3.36. The van der Waals surface area contributed by atoms with Crippen LogP contribution >= 0.6 is 0 Å². The topological polar surface area (TPSA) is 79.6 Å². The Morgan fingerprint density at radius 2 is 1.92 bits per heavy atom. The molecular weight excluding hydrogens is 344 g/mol. The van der Waals surface area contributed by atoms with Gasteiger partial charge in [0.1, 0.15) is 11.4 Å². The lowest BCUT2D eigenvalue weighted by Gasteiger charge is -2.06. The molecule has 1 N–H and O–H groups in total. The van der Waals surface area contributed by atoms with E-state index in [1.807, 2.05) is 0 Å². The lowest BCUT2D eigenvalue weighted by atomic mass is 10.2. The number of carbonyl (C=O) groups excluding carboxylic acids is 2. The number of anilines is 1. The molecule has 7 nitrogen and oxygen atoms in total. The van der Waals surface area contributed by atoms with Gasteiger partial charge < -0.3 is 10.2 Å². The van der Waals surface area contributed by atoms with Gasteiger partial charge in [-0.2, -0.15) is 5.10 Å². The normalized spacial score (nSPS) is 11.0. The maximum atomic E-state index is 12.7. The first-order valence-corrected chi connectivity index (χ1v) is 7.62. The van der Waals surface area contributed by atoms with Gasteiger partial charge in [0.15, 0.2) is 5.69 Å². The number of nitrogens with zero attached hydrogens (tertiary/aromatic N) is 4. The fraction of sp³-hybridized carbons (Fsp3) is 0.176. The molecule has 3 aromatic heterocycles. The molecule has 0 aromatic carbocycles. The summed E-state index contributed by atoms with van der Waals surface area (Å²) in [4.78, 5) is 29.2. The maximum Gasteiger partial charge on any atom is 0.280 e. The number of hydrogen-bond donors (Lipinski definition) is 1. The largest absolute Gasteiger partial charge is 0.343 e. The van der Waals surface area contributed by atoms with Gasteiger partial charge in [0, 0.05) is 26.0 Å². The van der Waals surface area contributed by atoms with E-state index in [9.17, 15) is 18.4 Å². The van der Waals surface area contributed by atoms with E-state index in [1.165, 1.54) is 21.5 Å². The van der Waals surface area contributed by atoms with Gasteiger partial charge in [-0.15, -0.1) is 0 Å². The van der Waals surface area contributed by atoms with E-state index < -0.39 is 18.0 Å².